The van der Waals surface area contributed by atoms with Crippen LogP contribution in [0, 0.1) is 0 Å². The van der Waals surface area contributed by atoms with Crippen molar-refractivity contribution < 1.29 is 23.4 Å². The van der Waals surface area contributed by atoms with Gasteiger partial charge in [0.1, 0.15) is 10.8 Å². The zero-order chi connectivity index (χ0) is 19.8. The Labute approximate surface area is 162 Å². The van der Waals surface area contributed by atoms with Crippen LogP contribution in [0.5, 0.6) is 5.75 Å². The second-order valence-corrected chi connectivity index (χ2v) is 6.66. The van der Waals surface area contributed by atoms with E-state index in [4.69, 9.17) is 27.9 Å². The van der Waals surface area contributed by atoms with Gasteiger partial charge in [-0.1, -0.05) is 29.3 Å². The van der Waals surface area contributed by atoms with Gasteiger partial charge in [-0.15, -0.1) is 0 Å². The smallest absolute Gasteiger partial charge is 0.297 e. The Morgan fingerprint density at radius 2 is 2.15 bits per heavy atom. The predicted octanol–water partition coefficient (Wildman–Crippen LogP) is 3.40. The number of carbonyl (C=O) groups excluding carboxylic acids is 1. The number of alkyl halides is 2. The highest BCUT2D eigenvalue weighted by atomic mass is 35.5. The van der Waals surface area contributed by atoms with Crippen LogP contribution in [0.15, 0.2) is 35.6 Å². The maximum absolute atomic E-state index is 13.2. The molecule has 0 fully saturated rings. The highest BCUT2D eigenvalue weighted by Gasteiger charge is 2.51. The first-order chi connectivity index (χ1) is 12.7. The van der Waals surface area contributed by atoms with Gasteiger partial charge in [-0.2, -0.15) is 15.2 Å². The highest BCUT2D eigenvalue weighted by Crippen LogP contribution is 2.33. The lowest BCUT2D eigenvalue weighted by Crippen LogP contribution is -2.51. The molecule has 2 aromatic rings. The topological polar surface area (TPSA) is 80.0 Å². The third kappa shape index (κ3) is 3.76. The van der Waals surface area contributed by atoms with E-state index in [0.29, 0.717) is 15.8 Å². The fourth-order valence-corrected chi connectivity index (χ4v) is 2.87. The average molecular weight is 419 g/mol. The van der Waals surface area contributed by atoms with Gasteiger partial charge in [0.05, 0.1) is 5.02 Å². The summed E-state index contributed by atoms with van der Waals surface area (Å²) in [6.45, 7) is 1.34. The van der Waals surface area contributed by atoms with Gasteiger partial charge in [-0.05, 0) is 25.1 Å². The molecule has 0 saturated carbocycles. The normalized spacial score (nSPS) is 19.5. The van der Waals surface area contributed by atoms with E-state index in [1.807, 2.05) is 0 Å². The molecule has 1 amide bonds. The van der Waals surface area contributed by atoms with Crippen LogP contribution in [0.3, 0.4) is 0 Å². The summed E-state index contributed by atoms with van der Waals surface area (Å²) in [6, 6.07) is 6.17. The number of benzene rings is 1. The van der Waals surface area contributed by atoms with Crippen LogP contribution in [-0.4, -0.2) is 43.7 Å². The van der Waals surface area contributed by atoms with E-state index in [1.54, 1.807) is 18.2 Å². The zero-order valence-corrected chi connectivity index (χ0v) is 15.5. The number of amides is 1. The van der Waals surface area contributed by atoms with Gasteiger partial charge in [0.2, 0.25) is 5.72 Å². The number of halogens is 4. The second-order valence-electron chi connectivity index (χ2n) is 5.87. The fraction of sp³-hybridized carbons (Fsp3) is 0.312. The Bertz CT molecular complexity index is 906. The van der Waals surface area contributed by atoms with Crippen molar-refractivity contribution in [1.29, 1.82) is 0 Å². The van der Waals surface area contributed by atoms with Crippen LogP contribution >= 0.6 is 23.2 Å². The molecule has 1 aliphatic rings. The van der Waals surface area contributed by atoms with Gasteiger partial charge in [-0.3, -0.25) is 4.79 Å². The molecule has 7 nitrogen and oxygen atoms in total. The number of rotatable bonds is 5. The first kappa shape index (κ1) is 19.5. The average Bonchev–Trinajstić information content (AvgIpc) is 3.20. The van der Waals surface area contributed by atoms with Crippen LogP contribution in [0.25, 0.3) is 0 Å². The number of hydrogen-bond acceptors (Lipinski definition) is 5. The van der Waals surface area contributed by atoms with E-state index in [9.17, 15) is 18.7 Å². The molecule has 2 heterocycles. The Hall–Kier alpha value is -2.23. The molecule has 0 saturated heterocycles. The van der Waals surface area contributed by atoms with E-state index in [1.165, 1.54) is 23.9 Å². The largest absolute Gasteiger partial charge is 0.470 e. The van der Waals surface area contributed by atoms with E-state index in [2.05, 4.69) is 10.2 Å². The predicted molar refractivity (Wildman–Crippen MR) is 94.2 cm³/mol. The molecule has 3 rings (SSSR count). The number of hydrazone groups is 1. The van der Waals surface area contributed by atoms with Crippen molar-refractivity contribution in [1.82, 2.24) is 14.8 Å². The van der Waals surface area contributed by atoms with Crippen molar-refractivity contribution in [2.45, 2.75) is 32.2 Å². The van der Waals surface area contributed by atoms with Gasteiger partial charge < -0.3 is 9.84 Å². The molecule has 1 atom stereocenters. The Balaban J connectivity index is 1.73. The molecular formula is C16H14Cl2F2N4O3. The summed E-state index contributed by atoms with van der Waals surface area (Å²) in [5.74, 6) is -0.631. The Kier molecular flexibility index (Phi) is 5.36. The van der Waals surface area contributed by atoms with Crippen LogP contribution in [0.1, 0.15) is 23.8 Å². The van der Waals surface area contributed by atoms with Gasteiger partial charge in [0.25, 0.3) is 12.3 Å². The number of hydrogen-bond donors (Lipinski definition) is 1. The monoisotopic (exact) mass is 418 g/mol. The molecule has 1 unspecified atom stereocenters. The van der Waals surface area contributed by atoms with E-state index in [0.717, 1.165) is 0 Å². The molecule has 1 aromatic carbocycles. The van der Waals surface area contributed by atoms with Crippen LogP contribution in [0.2, 0.25) is 10.0 Å². The molecule has 0 radical (unpaired) electrons. The minimum atomic E-state index is -3.18. The first-order valence-electron chi connectivity index (χ1n) is 7.72. The van der Waals surface area contributed by atoms with Crippen molar-refractivity contribution in [3.05, 3.63) is 46.2 Å². The second kappa shape index (κ2) is 7.41. The summed E-state index contributed by atoms with van der Waals surface area (Å²) >= 11 is 11.9. The molecule has 0 aliphatic carbocycles. The lowest BCUT2D eigenvalue weighted by Gasteiger charge is -2.29. The van der Waals surface area contributed by atoms with Gasteiger partial charge in [0.15, 0.2) is 12.4 Å². The zero-order valence-electron chi connectivity index (χ0n) is 13.9. The molecule has 0 spiro atoms. The number of aliphatic hydroxyl groups is 1. The van der Waals surface area contributed by atoms with Gasteiger partial charge in [0, 0.05) is 18.3 Å². The third-order valence-electron chi connectivity index (χ3n) is 3.82. The fourth-order valence-electron chi connectivity index (χ4n) is 2.52. The van der Waals surface area contributed by atoms with E-state index in [-0.39, 0.29) is 23.2 Å². The Morgan fingerprint density at radius 1 is 1.41 bits per heavy atom. The van der Waals surface area contributed by atoms with Crippen molar-refractivity contribution in [2.75, 3.05) is 0 Å². The Morgan fingerprint density at radius 3 is 2.85 bits per heavy atom. The molecule has 144 valence electrons. The molecule has 11 heteroatoms. The summed E-state index contributed by atoms with van der Waals surface area (Å²) in [7, 11) is 0. The number of aromatic nitrogens is 2. The third-order valence-corrected chi connectivity index (χ3v) is 4.63. The maximum atomic E-state index is 13.2. The van der Waals surface area contributed by atoms with Crippen molar-refractivity contribution in [3.8, 4) is 5.75 Å². The summed E-state index contributed by atoms with van der Waals surface area (Å²) in [6.07, 6.45) is -2.20. The van der Waals surface area contributed by atoms with Gasteiger partial charge in [-0.25, -0.2) is 13.5 Å². The van der Waals surface area contributed by atoms with E-state index < -0.39 is 24.5 Å². The maximum Gasteiger partial charge on any atom is 0.297 e. The summed E-state index contributed by atoms with van der Waals surface area (Å²) in [5, 5.41) is 18.7. The summed E-state index contributed by atoms with van der Waals surface area (Å²) < 4.78 is 33.2. The lowest BCUT2D eigenvalue weighted by molar-refractivity contribution is -0.164. The quantitative estimate of drug-likeness (QED) is 0.806. The molecule has 1 aliphatic heterocycles. The minimum absolute atomic E-state index is 0.102. The number of carbonyl (C=O) groups is 1. The van der Waals surface area contributed by atoms with Crippen molar-refractivity contribution >= 4 is 34.8 Å². The van der Waals surface area contributed by atoms with Gasteiger partial charge >= 0.3 is 0 Å². The standard InChI is InChI=1S/C16H14Cl2F2N4O3/c1-9-7-16(26,15(19)20)24(21-9)14(25)11-5-6-23(22-11)8-27-12-4-2-3-10(17)13(12)18/h2-6,15,26H,7-8H2,1H3. The number of ether oxygens (including phenoxy) is 1. The van der Waals surface area contributed by atoms with Crippen LogP contribution in [-0.2, 0) is 6.73 Å². The highest BCUT2D eigenvalue weighted by molar-refractivity contribution is 6.42. The van der Waals surface area contributed by atoms with Crippen LogP contribution < -0.4 is 4.74 Å². The lowest BCUT2D eigenvalue weighted by atomic mass is 10.1. The molecular weight excluding hydrogens is 405 g/mol. The van der Waals surface area contributed by atoms with Crippen molar-refractivity contribution in [2.24, 2.45) is 5.10 Å². The van der Waals surface area contributed by atoms with E-state index >= 15 is 0 Å². The SMILES string of the molecule is CC1=NN(C(=O)c2ccn(COc3cccc(Cl)c3Cl)n2)C(O)(C(F)F)C1. The van der Waals surface area contributed by atoms with Crippen molar-refractivity contribution in [3.63, 3.8) is 0 Å². The summed E-state index contributed by atoms with van der Waals surface area (Å²) in [5.41, 5.74) is -2.65. The molecule has 27 heavy (non-hydrogen) atoms. The molecule has 1 N–H and O–H groups in total. The summed E-state index contributed by atoms with van der Waals surface area (Å²) in [4.78, 5) is 12.5. The number of nitrogens with zero attached hydrogens (tertiary/aromatic N) is 4. The van der Waals surface area contributed by atoms with Crippen LogP contribution in [0.4, 0.5) is 8.78 Å². The first-order valence-corrected chi connectivity index (χ1v) is 8.47. The molecule has 1 aromatic heterocycles. The minimum Gasteiger partial charge on any atom is -0.470 e. The molecule has 0 bridgehead atoms.